The van der Waals surface area contributed by atoms with Crippen LogP contribution in [0.1, 0.15) is 21.5 Å². The topological polar surface area (TPSA) is 103 Å². The van der Waals surface area contributed by atoms with E-state index < -0.39 is 10.8 Å². The fraction of sp³-hybridized carbons (Fsp3) is 0.176. The Morgan fingerprint density at radius 2 is 2.00 bits per heavy atom. The smallest absolute Gasteiger partial charge is 0.273 e. The Hall–Kier alpha value is -3.42. The Balaban J connectivity index is 2.16. The number of ether oxygens (including phenoxy) is 2. The molecular formula is C17H17N3O5. The number of carbonyl (C=O) groups excluding carboxylic acids is 1. The van der Waals surface area contributed by atoms with Gasteiger partial charge in [-0.25, -0.2) is 5.43 Å². The first-order valence-electron chi connectivity index (χ1n) is 7.27. The van der Waals surface area contributed by atoms with Crippen molar-refractivity contribution >= 4 is 17.8 Å². The fourth-order valence-electron chi connectivity index (χ4n) is 2.19. The van der Waals surface area contributed by atoms with Gasteiger partial charge in [-0.2, -0.15) is 5.10 Å². The minimum atomic E-state index is -0.554. The highest BCUT2D eigenvalue weighted by Crippen LogP contribution is 2.29. The lowest BCUT2D eigenvalue weighted by Gasteiger charge is -2.09. The van der Waals surface area contributed by atoms with Crippen LogP contribution in [0.3, 0.4) is 0 Å². The summed E-state index contributed by atoms with van der Waals surface area (Å²) >= 11 is 0. The maximum atomic E-state index is 12.1. The fourth-order valence-corrected chi connectivity index (χ4v) is 2.19. The SMILES string of the molecule is COc1cccc(/C=N/NC(=O)c2ccc(C)c([N+](=O)[O-])c2)c1OC. The molecule has 0 saturated carbocycles. The molecule has 0 aliphatic rings. The second kappa shape index (κ2) is 7.91. The van der Waals surface area contributed by atoms with Crippen LogP contribution in [0.4, 0.5) is 5.69 Å². The van der Waals surface area contributed by atoms with E-state index in [0.717, 1.165) is 0 Å². The molecule has 0 fully saturated rings. The number of para-hydroxylation sites is 1. The Morgan fingerprint density at radius 3 is 2.64 bits per heavy atom. The van der Waals surface area contributed by atoms with Crippen molar-refractivity contribution in [3.63, 3.8) is 0 Å². The van der Waals surface area contributed by atoms with Crippen molar-refractivity contribution in [2.24, 2.45) is 5.10 Å². The van der Waals surface area contributed by atoms with Crippen molar-refractivity contribution in [1.29, 1.82) is 0 Å². The predicted molar refractivity (Wildman–Crippen MR) is 92.4 cm³/mol. The molecule has 25 heavy (non-hydrogen) atoms. The van der Waals surface area contributed by atoms with Crippen molar-refractivity contribution in [3.05, 3.63) is 63.2 Å². The minimum absolute atomic E-state index is 0.119. The number of nitro benzene ring substituents is 1. The van der Waals surface area contributed by atoms with E-state index in [9.17, 15) is 14.9 Å². The Morgan fingerprint density at radius 1 is 1.24 bits per heavy atom. The van der Waals surface area contributed by atoms with E-state index in [1.807, 2.05) is 0 Å². The molecule has 0 aliphatic carbocycles. The maximum absolute atomic E-state index is 12.1. The predicted octanol–water partition coefficient (Wildman–Crippen LogP) is 2.68. The van der Waals surface area contributed by atoms with Crippen molar-refractivity contribution in [2.75, 3.05) is 14.2 Å². The van der Waals surface area contributed by atoms with Crippen LogP contribution in [0.15, 0.2) is 41.5 Å². The number of hydrogen-bond donors (Lipinski definition) is 1. The van der Waals surface area contributed by atoms with Gasteiger partial charge < -0.3 is 9.47 Å². The van der Waals surface area contributed by atoms with E-state index in [1.54, 1.807) is 25.1 Å². The van der Waals surface area contributed by atoms with Gasteiger partial charge >= 0.3 is 0 Å². The summed E-state index contributed by atoms with van der Waals surface area (Å²) in [6.45, 7) is 1.60. The quantitative estimate of drug-likeness (QED) is 0.493. The van der Waals surface area contributed by atoms with E-state index >= 15 is 0 Å². The number of carbonyl (C=O) groups is 1. The van der Waals surface area contributed by atoms with Gasteiger partial charge in [0.1, 0.15) is 0 Å². The monoisotopic (exact) mass is 343 g/mol. The summed E-state index contributed by atoms with van der Waals surface area (Å²) in [4.78, 5) is 22.5. The number of benzene rings is 2. The number of methoxy groups -OCH3 is 2. The van der Waals surface area contributed by atoms with Crippen LogP contribution in [-0.2, 0) is 0 Å². The molecule has 0 atom stereocenters. The van der Waals surface area contributed by atoms with Gasteiger partial charge in [0.2, 0.25) is 0 Å². The highest BCUT2D eigenvalue weighted by molar-refractivity contribution is 5.96. The highest BCUT2D eigenvalue weighted by atomic mass is 16.6. The Bertz CT molecular complexity index is 833. The largest absolute Gasteiger partial charge is 0.493 e. The van der Waals surface area contributed by atoms with Gasteiger partial charge in [-0.15, -0.1) is 0 Å². The van der Waals surface area contributed by atoms with Gasteiger partial charge in [0, 0.05) is 22.8 Å². The molecule has 8 heteroatoms. The van der Waals surface area contributed by atoms with Gasteiger partial charge in [-0.05, 0) is 25.1 Å². The first-order chi connectivity index (χ1) is 12.0. The van der Waals surface area contributed by atoms with Crippen LogP contribution in [0.25, 0.3) is 0 Å². The van der Waals surface area contributed by atoms with E-state index in [0.29, 0.717) is 22.6 Å². The molecule has 2 rings (SSSR count). The molecule has 0 aromatic heterocycles. The zero-order valence-corrected chi connectivity index (χ0v) is 14.0. The second-order valence-electron chi connectivity index (χ2n) is 5.04. The first kappa shape index (κ1) is 17.9. The van der Waals surface area contributed by atoms with Crippen LogP contribution in [0.2, 0.25) is 0 Å². The van der Waals surface area contributed by atoms with Crippen molar-refractivity contribution in [3.8, 4) is 11.5 Å². The molecule has 0 aliphatic heterocycles. The van der Waals surface area contributed by atoms with Crippen molar-refractivity contribution < 1.29 is 19.2 Å². The van der Waals surface area contributed by atoms with Crippen LogP contribution in [-0.4, -0.2) is 31.3 Å². The molecule has 8 nitrogen and oxygen atoms in total. The number of nitrogens with one attached hydrogen (secondary N) is 1. The number of hydrogen-bond acceptors (Lipinski definition) is 6. The summed E-state index contributed by atoms with van der Waals surface area (Å²) in [5.41, 5.74) is 3.45. The summed E-state index contributed by atoms with van der Waals surface area (Å²) in [6.07, 6.45) is 1.40. The van der Waals surface area contributed by atoms with E-state index in [1.165, 1.54) is 38.6 Å². The molecule has 0 spiro atoms. The zero-order chi connectivity index (χ0) is 18.4. The summed E-state index contributed by atoms with van der Waals surface area (Å²) in [7, 11) is 3.02. The van der Waals surface area contributed by atoms with E-state index in [4.69, 9.17) is 9.47 Å². The molecular weight excluding hydrogens is 326 g/mol. The van der Waals surface area contributed by atoms with Crippen LogP contribution >= 0.6 is 0 Å². The van der Waals surface area contributed by atoms with Gasteiger partial charge in [0.05, 0.1) is 25.4 Å². The van der Waals surface area contributed by atoms with Gasteiger partial charge in [0.25, 0.3) is 11.6 Å². The molecule has 1 amide bonds. The average molecular weight is 343 g/mol. The lowest BCUT2D eigenvalue weighted by Crippen LogP contribution is -2.18. The first-order valence-corrected chi connectivity index (χ1v) is 7.27. The number of hydrazone groups is 1. The Kier molecular flexibility index (Phi) is 5.67. The molecule has 2 aromatic carbocycles. The molecule has 130 valence electrons. The normalized spacial score (nSPS) is 10.5. The number of nitro groups is 1. The van der Waals surface area contributed by atoms with Crippen molar-refractivity contribution in [1.82, 2.24) is 5.43 Å². The summed E-state index contributed by atoms with van der Waals surface area (Å²) < 4.78 is 10.4. The molecule has 1 N–H and O–H groups in total. The van der Waals surface area contributed by atoms with E-state index in [-0.39, 0.29) is 11.3 Å². The summed E-state index contributed by atoms with van der Waals surface area (Å²) in [6, 6.07) is 9.47. The number of rotatable bonds is 6. The van der Waals surface area contributed by atoms with Gasteiger partial charge in [-0.3, -0.25) is 14.9 Å². The highest BCUT2D eigenvalue weighted by Gasteiger charge is 2.14. The van der Waals surface area contributed by atoms with E-state index in [2.05, 4.69) is 10.5 Å². The zero-order valence-electron chi connectivity index (χ0n) is 14.0. The lowest BCUT2D eigenvalue weighted by atomic mass is 10.1. The number of amides is 1. The van der Waals surface area contributed by atoms with Gasteiger partial charge in [-0.1, -0.05) is 12.1 Å². The molecule has 0 bridgehead atoms. The molecule has 0 heterocycles. The molecule has 0 radical (unpaired) electrons. The lowest BCUT2D eigenvalue weighted by molar-refractivity contribution is -0.385. The minimum Gasteiger partial charge on any atom is -0.493 e. The number of aryl methyl sites for hydroxylation is 1. The maximum Gasteiger partial charge on any atom is 0.273 e. The van der Waals surface area contributed by atoms with Crippen LogP contribution in [0.5, 0.6) is 11.5 Å². The third kappa shape index (κ3) is 4.11. The molecule has 0 saturated heterocycles. The third-order valence-corrected chi connectivity index (χ3v) is 3.47. The summed E-state index contributed by atoms with van der Waals surface area (Å²) in [5.74, 6) is 0.460. The summed E-state index contributed by atoms with van der Waals surface area (Å²) in [5, 5.41) is 14.8. The second-order valence-corrected chi connectivity index (χ2v) is 5.04. The standard InChI is InChI=1S/C17H17N3O5/c1-11-7-8-12(9-14(11)20(22)23)17(21)19-18-10-13-5-4-6-15(24-2)16(13)25-3/h4-10H,1-3H3,(H,19,21)/b18-10+. The van der Waals surface area contributed by atoms with Gasteiger partial charge in [0.15, 0.2) is 11.5 Å². The van der Waals surface area contributed by atoms with Crippen LogP contribution < -0.4 is 14.9 Å². The molecule has 0 unspecified atom stereocenters. The average Bonchev–Trinajstić information content (AvgIpc) is 2.61. The molecule has 2 aromatic rings. The Labute approximate surface area is 144 Å². The third-order valence-electron chi connectivity index (χ3n) is 3.47. The van der Waals surface area contributed by atoms with Crippen LogP contribution in [0, 0.1) is 17.0 Å². The number of nitrogens with zero attached hydrogens (tertiary/aromatic N) is 2. The van der Waals surface area contributed by atoms with Crippen molar-refractivity contribution in [2.45, 2.75) is 6.92 Å².